The van der Waals surface area contributed by atoms with E-state index in [1.54, 1.807) is 0 Å². The average Bonchev–Trinajstić information content (AvgIpc) is 2.76. The van der Waals surface area contributed by atoms with Gasteiger partial charge in [-0.1, -0.05) is 6.07 Å². The van der Waals surface area contributed by atoms with Crippen LogP contribution >= 0.6 is 11.3 Å². The lowest BCUT2D eigenvalue weighted by atomic mass is 10.1. The lowest BCUT2D eigenvalue weighted by Gasteiger charge is -2.10. The third kappa shape index (κ3) is 3.06. The summed E-state index contributed by atoms with van der Waals surface area (Å²) >= 11 is 1.49. The molecule has 0 unspecified atom stereocenters. The highest BCUT2D eigenvalue weighted by molar-refractivity contribution is 7.09. The quantitative estimate of drug-likeness (QED) is 0.575. The molecule has 1 aromatic rings. The molecule has 0 aliphatic heterocycles. The molecule has 0 amide bonds. The fourth-order valence-corrected chi connectivity index (χ4v) is 1.93. The van der Waals surface area contributed by atoms with Crippen molar-refractivity contribution in [2.24, 2.45) is 5.92 Å². The van der Waals surface area contributed by atoms with Gasteiger partial charge in [-0.3, -0.25) is 9.59 Å². The second kappa shape index (κ2) is 5.50. The molecule has 1 heterocycles. The van der Waals surface area contributed by atoms with E-state index in [4.69, 9.17) is 0 Å². The van der Waals surface area contributed by atoms with Crippen LogP contribution in [0, 0.1) is 5.92 Å². The first-order valence-corrected chi connectivity index (χ1v) is 5.25. The number of rotatable bonds is 4. The van der Waals surface area contributed by atoms with Gasteiger partial charge in [-0.25, -0.2) is 0 Å². The number of carbonyl (C=O) groups is 2. The first-order chi connectivity index (χ1) is 7.19. The Morgan fingerprint density at radius 3 is 2.33 bits per heavy atom. The summed E-state index contributed by atoms with van der Waals surface area (Å²) in [6.07, 6.45) is 0.330. The van der Waals surface area contributed by atoms with Crippen LogP contribution in [-0.2, 0) is 25.5 Å². The molecule has 82 valence electrons. The number of ether oxygens (including phenoxy) is 2. The van der Waals surface area contributed by atoms with Crippen molar-refractivity contribution in [3.8, 4) is 0 Å². The molecular formula is C10H12O4S. The molecule has 0 atom stereocenters. The highest BCUT2D eigenvalue weighted by Gasteiger charge is 2.28. The largest absolute Gasteiger partial charge is 0.468 e. The van der Waals surface area contributed by atoms with Crippen LogP contribution in [-0.4, -0.2) is 26.2 Å². The van der Waals surface area contributed by atoms with Gasteiger partial charge in [-0.05, 0) is 11.4 Å². The first-order valence-electron chi connectivity index (χ1n) is 4.37. The molecule has 5 heteroatoms. The van der Waals surface area contributed by atoms with Gasteiger partial charge in [0, 0.05) is 11.3 Å². The molecule has 0 saturated carbocycles. The SMILES string of the molecule is COC(=O)C(Cc1cccs1)C(=O)OC. The Kier molecular flexibility index (Phi) is 4.30. The van der Waals surface area contributed by atoms with Crippen LogP contribution in [0.15, 0.2) is 17.5 Å². The molecule has 0 saturated heterocycles. The minimum Gasteiger partial charge on any atom is -0.468 e. The van der Waals surface area contributed by atoms with E-state index < -0.39 is 17.9 Å². The normalized spacial score (nSPS) is 10.1. The van der Waals surface area contributed by atoms with Gasteiger partial charge in [-0.15, -0.1) is 11.3 Å². The molecule has 0 bridgehead atoms. The van der Waals surface area contributed by atoms with E-state index in [-0.39, 0.29) is 0 Å². The molecule has 0 aliphatic carbocycles. The molecular weight excluding hydrogens is 216 g/mol. The van der Waals surface area contributed by atoms with E-state index in [9.17, 15) is 9.59 Å². The monoisotopic (exact) mass is 228 g/mol. The number of methoxy groups -OCH3 is 2. The number of hydrogen-bond donors (Lipinski definition) is 0. The highest BCUT2D eigenvalue weighted by atomic mass is 32.1. The summed E-state index contributed by atoms with van der Waals surface area (Å²) in [6.45, 7) is 0. The zero-order valence-electron chi connectivity index (χ0n) is 8.56. The van der Waals surface area contributed by atoms with Gasteiger partial charge in [0.1, 0.15) is 0 Å². The summed E-state index contributed by atoms with van der Waals surface area (Å²) in [5, 5.41) is 1.89. The fourth-order valence-electron chi connectivity index (χ4n) is 1.18. The van der Waals surface area contributed by atoms with E-state index in [0.29, 0.717) is 6.42 Å². The molecule has 0 radical (unpaired) electrons. The van der Waals surface area contributed by atoms with Crippen molar-refractivity contribution in [1.82, 2.24) is 0 Å². The summed E-state index contributed by atoms with van der Waals surface area (Å²) in [7, 11) is 2.51. The molecule has 1 rings (SSSR count). The van der Waals surface area contributed by atoms with E-state index in [1.165, 1.54) is 25.6 Å². The maximum Gasteiger partial charge on any atom is 0.320 e. The third-order valence-corrected chi connectivity index (χ3v) is 2.86. The van der Waals surface area contributed by atoms with E-state index in [1.807, 2.05) is 17.5 Å². The van der Waals surface area contributed by atoms with Gasteiger partial charge >= 0.3 is 11.9 Å². The van der Waals surface area contributed by atoms with Gasteiger partial charge in [0.25, 0.3) is 0 Å². The molecule has 0 fully saturated rings. The second-order valence-electron chi connectivity index (χ2n) is 2.88. The van der Waals surface area contributed by atoms with Crippen LogP contribution in [0.3, 0.4) is 0 Å². The summed E-state index contributed by atoms with van der Waals surface area (Å²) in [5.74, 6) is -1.98. The zero-order valence-corrected chi connectivity index (χ0v) is 9.37. The molecule has 0 aliphatic rings. The van der Waals surface area contributed by atoms with Gasteiger partial charge < -0.3 is 9.47 Å². The fraction of sp³-hybridized carbons (Fsp3) is 0.400. The maximum atomic E-state index is 11.3. The molecule has 4 nitrogen and oxygen atoms in total. The topological polar surface area (TPSA) is 52.6 Å². The van der Waals surface area contributed by atoms with Gasteiger partial charge in [0.05, 0.1) is 14.2 Å². The van der Waals surface area contributed by atoms with E-state index in [0.717, 1.165) is 4.88 Å². The van der Waals surface area contributed by atoms with Gasteiger partial charge in [0.2, 0.25) is 0 Å². The standard InChI is InChI=1S/C10H12O4S/c1-13-9(11)8(10(12)14-2)6-7-4-3-5-15-7/h3-5,8H,6H2,1-2H3. The summed E-state index contributed by atoms with van der Waals surface area (Å²) in [5.41, 5.74) is 0. The van der Waals surface area contributed by atoms with Crippen molar-refractivity contribution in [3.05, 3.63) is 22.4 Å². The van der Waals surface area contributed by atoms with Crippen LogP contribution in [0.5, 0.6) is 0 Å². The first kappa shape index (κ1) is 11.7. The van der Waals surface area contributed by atoms with Gasteiger partial charge in [-0.2, -0.15) is 0 Å². The number of esters is 2. The van der Waals surface area contributed by atoms with Crippen LogP contribution in [0.2, 0.25) is 0 Å². The smallest absolute Gasteiger partial charge is 0.320 e. The summed E-state index contributed by atoms with van der Waals surface area (Å²) in [6, 6.07) is 3.73. The Labute approximate surface area is 91.8 Å². The Bertz CT molecular complexity index is 315. The zero-order chi connectivity index (χ0) is 11.3. The summed E-state index contributed by atoms with van der Waals surface area (Å²) < 4.78 is 9.10. The van der Waals surface area contributed by atoms with Gasteiger partial charge in [0.15, 0.2) is 5.92 Å². The van der Waals surface area contributed by atoms with Crippen LogP contribution in [0.1, 0.15) is 4.88 Å². The predicted octanol–water partition coefficient (Wildman–Crippen LogP) is 1.25. The van der Waals surface area contributed by atoms with Crippen molar-refractivity contribution in [3.63, 3.8) is 0 Å². The van der Waals surface area contributed by atoms with E-state index >= 15 is 0 Å². The maximum absolute atomic E-state index is 11.3. The molecule has 0 aromatic carbocycles. The number of thiophene rings is 1. The predicted molar refractivity (Wildman–Crippen MR) is 55.5 cm³/mol. The van der Waals surface area contributed by atoms with Crippen molar-refractivity contribution in [1.29, 1.82) is 0 Å². The summed E-state index contributed by atoms with van der Waals surface area (Å²) in [4.78, 5) is 23.6. The van der Waals surface area contributed by atoms with Crippen molar-refractivity contribution in [2.45, 2.75) is 6.42 Å². The van der Waals surface area contributed by atoms with Crippen molar-refractivity contribution >= 4 is 23.3 Å². The Balaban J connectivity index is 2.73. The van der Waals surface area contributed by atoms with Crippen molar-refractivity contribution < 1.29 is 19.1 Å². The minimum atomic E-state index is -0.862. The highest BCUT2D eigenvalue weighted by Crippen LogP contribution is 2.16. The average molecular weight is 228 g/mol. The molecule has 0 spiro atoms. The molecule has 15 heavy (non-hydrogen) atoms. The Hall–Kier alpha value is -1.36. The third-order valence-electron chi connectivity index (χ3n) is 1.96. The van der Waals surface area contributed by atoms with Crippen LogP contribution in [0.4, 0.5) is 0 Å². The Morgan fingerprint density at radius 2 is 1.93 bits per heavy atom. The van der Waals surface area contributed by atoms with Crippen molar-refractivity contribution in [2.75, 3.05) is 14.2 Å². The molecule has 1 aromatic heterocycles. The Morgan fingerprint density at radius 1 is 1.33 bits per heavy atom. The van der Waals surface area contributed by atoms with Crippen LogP contribution < -0.4 is 0 Å². The lowest BCUT2D eigenvalue weighted by molar-refractivity contribution is -0.158. The van der Waals surface area contributed by atoms with E-state index in [2.05, 4.69) is 9.47 Å². The van der Waals surface area contributed by atoms with Crippen LogP contribution in [0.25, 0.3) is 0 Å². The number of hydrogen-bond acceptors (Lipinski definition) is 5. The lowest BCUT2D eigenvalue weighted by Crippen LogP contribution is -2.28. The minimum absolute atomic E-state index is 0.330. The second-order valence-corrected chi connectivity index (χ2v) is 3.91. The molecule has 0 N–H and O–H groups in total. The number of carbonyl (C=O) groups excluding carboxylic acids is 2.